The molecule has 0 aliphatic rings. The van der Waals surface area contributed by atoms with Gasteiger partial charge in [-0.25, -0.2) is 21.6 Å². The molecule has 1 unspecified atom stereocenters. The first kappa shape index (κ1) is 14.9. The number of nitrogens with two attached hydrogens (primary N) is 1. The molecule has 0 bridgehead atoms. The first-order valence-corrected chi connectivity index (χ1v) is 8.56. The number of rotatable bonds is 5. The van der Waals surface area contributed by atoms with Crippen LogP contribution in [0.4, 0.5) is 5.69 Å². The summed E-state index contributed by atoms with van der Waals surface area (Å²) in [5, 5.41) is 0. The standard InChI is InChI=1S/C9H15N3O4S2/c1-7(6-17(2,13)14)12-18(15,16)9-5-11-4-3-8(9)10/h3-5,7,12H,6H2,1-2H3,(H2,10,11). The molecule has 0 aliphatic heterocycles. The molecule has 0 radical (unpaired) electrons. The van der Waals surface area contributed by atoms with Crippen LogP contribution in [0.5, 0.6) is 0 Å². The number of anilines is 1. The minimum atomic E-state index is -3.86. The molecule has 1 rings (SSSR count). The molecule has 1 aromatic heterocycles. The van der Waals surface area contributed by atoms with Crippen molar-refractivity contribution in [1.29, 1.82) is 0 Å². The molecule has 18 heavy (non-hydrogen) atoms. The lowest BCUT2D eigenvalue weighted by Gasteiger charge is -2.13. The fourth-order valence-electron chi connectivity index (χ4n) is 1.43. The van der Waals surface area contributed by atoms with Gasteiger partial charge >= 0.3 is 0 Å². The van der Waals surface area contributed by atoms with Gasteiger partial charge in [-0.05, 0) is 13.0 Å². The summed E-state index contributed by atoms with van der Waals surface area (Å²) in [6, 6.07) is 0.611. The van der Waals surface area contributed by atoms with Gasteiger partial charge in [-0.2, -0.15) is 0 Å². The first-order chi connectivity index (χ1) is 8.12. The molecule has 102 valence electrons. The van der Waals surface area contributed by atoms with Crippen molar-refractivity contribution in [3.63, 3.8) is 0 Å². The van der Waals surface area contributed by atoms with Gasteiger partial charge in [0.15, 0.2) is 0 Å². The van der Waals surface area contributed by atoms with E-state index in [0.29, 0.717) is 0 Å². The van der Waals surface area contributed by atoms with Crippen molar-refractivity contribution in [3.05, 3.63) is 18.5 Å². The van der Waals surface area contributed by atoms with E-state index in [9.17, 15) is 16.8 Å². The highest BCUT2D eigenvalue weighted by Gasteiger charge is 2.22. The average molecular weight is 293 g/mol. The van der Waals surface area contributed by atoms with Crippen molar-refractivity contribution in [2.75, 3.05) is 17.7 Å². The number of hydrogen-bond acceptors (Lipinski definition) is 6. The van der Waals surface area contributed by atoms with Gasteiger partial charge in [-0.1, -0.05) is 0 Å². The maximum atomic E-state index is 11.9. The molecule has 0 fully saturated rings. The molecule has 3 N–H and O–H groups in total. The number of nitrogens with one attached hydrogen (secondary N) is 1. The number of sulfonamides is 1. The lowest BCUT2D eigenvalue weighted by molar-refractivity contribution is 0.564. The molecule has 0 spiro atoms. The summed E-state index contributed by atoms with van der Waals surface area (Å²) in [5.41, 5.74) is 5.59. The molecule has 7 nitrogen and oxygen atoms in total. The quantitative estimate of drug-likeness (QED) is 0.746. The van der Waals surface area contributed by atoms with Crippen LogP contribution in [0.3, 0.4) is 0 Å². The predicted molar refractivity (Wildman–Crippen MR) is 68.1 cm³/mol. The Hall–Kier alpha value is -1.19. The fourth-order valence-corrected chi connectivity index (χ4v) is 3.85. The zero-order valence-corrected chi connectivity index (χ0v) is 11.6. The van der Waals surface area contributed by atoms with Crippen molar-refractivity contribution in [3.8, 4) is 0 Å². The van der Waals surface area contributed by atoms with Crippen LogP contribution in [0.1, 0.15) is 6.92 Å². The minimum absolute atomic E-state index is 0.0593. The van der Waals surface area contributed by atoms with Crippen molar-refractivity contribution < 1.29 is 16.8 Å². The van der Waals surface area contributed by atoms with Crippen molar-refractivity contribution in [2.45, 2.75) is 17.9 Å². The smallest absolute Gasteiger partial charge is 0.244 e. The number of sulfone groups is 1. The normalized spacial score (nSPS) is 14.3. The number of aromatic nitrogens is 1. The number of nitrogens with zero attached hydrogens (tertiary/aromatic N) is 1. The summed E-state index contributed by atoms with van der Waals surface area (Å²) in [7, 11) is -7.13. The van der Waals surface area contributed by atoms with Crippen LogP contribution in [0.2, 0.25) is 0 Å². The summed E-state index contributed by atoms with van der Waals surface area (Å²) in [6.45, 7) is 1.46. The van der Waals surface area contributed by atoms with Gasteiger partial charge in [0.2, 0.25) is 10.0 Å². The third-order valence-corrected chi connectivity index (χ3v) is 4.75. The second-order valence-electron chi connectivity index (χ2n) is 4.03. The second kappa shape index (κ2) is 5.21. The maximum absolute atomic E-state index is 11.9. The third kappa shape index (κ3) is 4.24. The zero-order chi connectivity index (χ0) is 14.0. The van der Waals surface area contributed by atoms with E-state index in [2.05, 4.69) is 9.71 Å². The Morgan fingerprint density at radius 1 is 1.39 bits per heavy atom. The lowest BCUT2D eigenvalue weighted by Crippen LogP contribution is -2.37. The zero-order valence-electron chi connectivity index (χ0n) is 9.99. The van der Waals surface area contributed by atoms with E-state index in [-0.39, 0.29) is 16.3 Å². The fraction of sp³-hybridized carbons (Fsp3) is 0.444. The van der Waals surface area contributed by atoms with Crippen molar-refractivity contribution in [1.82, 2.24) is 9.71 Å². The number of pyridine rings is 1. The second-order valence-corrected chi connectivity index (χ2v) is 7.90. The summed E-state index contributed by atoms with van der Waals surface area (Å²) in [5.74, 6) is -0.285. The van der Waals surface area contributed by atoms with Crippen LogP contribution in [0.25, 0.3) is 0 Å². The van der Waals surface area contributed by atoms with Crippen LogP contribution in [-0.4, -0.2) is 39.9 Å². The molecule has 0 aromatic carbocycles. The molecule has 1 atom stereocenters. The molecule has 1 heterocycles. The van der Waals surface area contributed by atoms with Crippen molar-refractivity contribution >= 4 is 25.5 Å². The van der Waals surface area contributed by atoms with Crippen LogP contribution in [0, 0.1) is 0 Å². The van der Waals surface area contributed by atoms with E-state index in [1.807, 2.05) is 0 Å². The largest absolute Gasteiger partial charge is 0.398 e. The van der Waals surface area contributed by atoms with Gasteiger partial charge in [0.25, 0.3) is 0 Å². The Bertz CT molecular complexity index is 625. The summed E-state index contributed by atoms with van der Waals surface area (Å²) in [4.78, 5) is 3.51. The Kier molecular flexibility index (Phi) is 4.30. The Balaban J connectivity index is 2.93. The minimum Gasteiger partial charge on any atom is -0.398 e. The van der Waals surface area contributed by atoms with Crippen LogP contribution in [-0.2, 0) is 19.9 Å². The molecule has 0 aliphatic carbocycles. The highest BCUT2D eigenvalue weighted by molar-refractivity contribution is 7.91. The van der Waals surface area contributed by atoms with Gasteiger partial charge in [-0.3, -0.25) is 4.98 Å². The molecular formula is C9H15N3O4S2. The predicted octanol–water partition coefficient (Wildman–Crippen LogP) is -0.625. The highest BCUT2D eigenvalue weighted by atomic mass is 32.2. The molecule has 0 saturated heterocycles. The highest BCUT2D eigenvalue weighted by Crippen LogP contribution is 2.15. The summed E-state index contributed by atoms with van der Waals surface area (Å²) >= 11 is 0. The first-order valence-electron chi connectivity index (χ1n) is 5.01. The molecule has 0 amide bonds. The van der Waals surface area contributed by atoms with Crippen LogP contribution in [0.15, 0.2) is 23.4 Å². The molecule has 9 heteroatoms. The third-order valence-electron chi connectivity index (χ3n) is 2.02. The van der Waals surface area contributed by atoms with Gasteiger partial charge in [0, 0.05) is 24.7 Å². The van der Waals surface area contributed by atoms with Gasteiger partial charge in [0.1, 0.15) is 14.7 Å². The summed E-state index contributed by atoms with van der Waals surface area (Å²) < 4.78 is 48.2. The number of nitrogen functional groups attached to an aromatic ring is 1. The number of hydrogen-bond donors (Lipinski definition) is 2. The molecule has 0 saturated carbocycles. The van der Waals surface area contributed by atoms with Crippen molar-refractivity contribution in [2.24, 2.45) is 0 Å². The summed E-state index contributed by atoms with van der Waals surface area (Å²) in [6.07, 6.45) is 3.52. The van der Waals surface area contributed by atoms with E-state index in [4.69, 9.17) is 5.73 Å². The molecular weight excluding hydrogens is 278 g/mol. The van der Waals surface area contributed by atoms with Gasteiger partial charge < -0.3 is 5.73 Å². The lowest BCUT2D eigenvalue weighted by atomic mass is 10.4. The SMILES string of the molecule is CC(CS(C)(=O)=O)NS(=O)(=O)c1cnccc1N. The van der Waals surface area contributed by atoms with Crippen LogP contribution >= 0.6 is 0 Å². The van der Waals surface area contributed by atoms with E-state index in [1.54, 1.807) is 0 Å². The van der Waals surface area contributed by atoms with Crippen LogP contribution < -0.4 is 10.5 Å². The maximum Gasteiger partial charge on any atom is 0.244 e. The van der Waals surface area contributed by atoms with Gasteiger partial charge in [0.05, 0.1) is 11.4 Å². The monoisotopic (exact) mass is 293 g/mol. The van der Waals surface area contributed by atoms with E-state index < -0.39 is 25.9 Å². The molecule has 1 aromatic rings. The Morgan fingerprint density at radius 2 is 2.00 bits per heavy atom. The topological polar surface area (TPSA) is 119 Å². The Labute approximate surface area is 106 Å². The Morgan fingerprint density at radius 3 is 2.50 bits per heavy atom. The van der Waals surface area contributed by atoms with E-state index in [0.717, 1.165) is 12.5 Å². The van der Waals surface area contributed by atoms with Gasteiger partial charge in [-0.15, -0.1) is 0 Å². The van der Waals surface area contributed by atoms with E-state index >= 15 is 0 Å². The average Bonchev–Trinajstić information content (AvgIpc) is 2.13. The van der Waals surface area contributed by atoms with E-state index in [1.165, 1.54) is 19.2 Å².